The lowest BCUT2D eigenvalue weighted by atomic mass is 10.1. The molecule has 0 atom stereocenters. The zero-order valence-corrected chi connectivity index (χ0v) is 17.7. The molecule has 0 radical (unpaired) electrons. The van der Waals surface area contributed by atoms with Gasteiger partial charge < -0.3 is 24.4 Å². The molecule has 6 heteroatoms. The summed E-state index contributed by atoms with van der Waals surface area (Å²) in [7, 11) is 4.92. The zero-order valence-electron chi connectivity index (χ0n) is 16.8. The van der Waals surface area contributed by atoms with Crippen LogP contribution in [0.1, 0.15) is 52.0 Å². The molecule has 1 N–H and O–H groups in total. The predicted molar refractivity (Wildman–Crippen MR) is 109 cm³/mol. The van der Waals surface area contributed by atoms with Gasteiger partial charge in [-0.3, -0.25) is 0 Å². The van der Waals surface area contributed by atoms with E-state index < -0.39 is 0 Å². The predicted octanol–water partition coefficient (Wildman–Crippen LogP) is 4.13. The second kappa shape index (κ2) is 8.80. The third-order valence-corrected chi connectivity index (χ3v) is 4.97. The van der Waals surface area contributed by atoms with Gasteiger partial charge in [-0.1, -0.05) is 12.8 Å². The Morgan fingerprint density at radius 2 is 1.69 bits per heavy atom. The average molecular weight is 381 g/mol. The topological polar surface area (TPSA) is 43.0 Å². The molecule has 1 aliphatic rings. The monoisotopic (exact) mass is 380 g/mol. The van der Waals surface area contributed by atoms with Crippen LogP contribution >= 0.6 is 12.2 Å². The summed E-state index contributed by atoms with van der Waals surface area (Å²) in [6.45, 7) is 7.06. The van der Waals surface area contributed by atoms with Crippen molar-refractivity contribution in [3.05, 3.63) is 17.7 Å². The minimum atomic E-state index is -0.0738. The van der Waals surface area contributed by atoms with Crippen LogP contribution in [0.5, 0.6) is 17.2 Å². The fraction of sp³-hybridized carbons (Fsp3) is 0.650. The Labute approximate surface area is 163 Å². The van der Waals surface area contributed by atoms with Gasteiger partial charge in [0.25, 0.3) is 0 Å². The van der Waals surface area contributed by atoms with Gasteiger partial charge in [-0.25, -0.2) is 0 Å². The summed E-state index contributed by atoms with van der Waals surface area (Å²) in [6, 6.07) is 4.40. The van der Waals surface area contributed by atoms with Crippen LogP contribution in [-0.4, -0.2) is 42.9 Å². The Kier molecular flexibility index (Phi) is 6.98. The summed E-state index contributed by atoms with van der Waals surface area (Å²) >= 11 is 5.77. The molecule has 1 aromatic rings. The van der Waals surface area contributed by atoms with Gasteiger partial charge >= 0.3 is 0 Å². The van der Waals surface area contributed by atoms with Crippen molar-refractivity contribution in [2.24, 2.45) is 0 Å². The summed E-state index contributed by atoms with van der Waals surface area (Å²) in [5.74, 6) is 1.98. The molecule has 1 aromatic carbocycles. The number of hydrogen-bond acceptors (Lipinski definition) is 4. The highest BCUT2D eigenvalue weighted by Gasteiger charge is 2.28. The fourth-order valence-corrected chi connectivity index (χ4v) is 3.97. The average Bonchev–Trinajstić information content (AvgIpc) is 3.11. The molecule has 146 valence electrons. The first-order valence-corrected chi connectivity index (χ1v) is 9.58. The third kappa shape index (κ3) is 4.93. The second-order valence-electron chi connectivity index (χ2n) is 7.74. The van der Waals surface area contributed by atoms with Crippen LogP contribution in [0, 0.1) is 0 Å². The van der Waals surface area contributed by atoms with Crippen LogP contribution in [0.3, 0.4) is 0 Å². The summed E-state index contributed by atoms with van der Waals surface area (Å²) in [5, 5.41) is 4.26. The van der Waals surface area contributed by atoms with Crippen molar-refractivity contribution >= 4 is 17.3 Å². The lowest BCUT2D eigenvalue weighted by molar-refractivity contribution is 0.283. The molecule has 0 aromatic heterocycles. The number of benzene rings is 1. The molecule has 0 aliphatic heterocycles. The van der Waals surface area contributed by atoms with Crippen LogP contribution in [0.2, 0.25) is 0 Å². The van der Waals surface area contributed by atoms with Crippen molar-refractivity contribution < 1.29 is 14.2 Å². The number of rotatable bonds is 6. The van der Waals surface area contributed by atoms with E-state index in [4.69, 9.17) is 26.4 Å². The molecular weight excluding hydrogens is 348 g/mol. The van der Waals surface area contributed by atoms with Crippen LogP contribution in [0.4, 0.5) is 0 Å². The molecule has 2 rings (SSSR count). The molecule has 0 amide bonds. The standard InChI is InChI=1S/C20H32N2O3S/c1-20(2,3)21-19(26)22(15-9-7-8-10-15)13-14-11-12-16(23-4)18(25-6)17(14)24-5/h11-12,15H,7-10,13H2,1-6H3,(H,21,26). The van der Waals surface area contributed by atoms with Gasteiger partial charge in [0.2, 0.25) is 5.75 Å². The van der Waals surface area contributed by atoms with E-state index in [1.807, 2.05) is 12.1 Å². The van der Waals surface area contributed by atoms with Gasteiger partial charge in [0.15, 0.2) is 16.6 Å². The minimum absolute atomic E-state index is 0.0738. The number of methoxy groups -OCH3 is 3. The minimum Gasteiger partial charge on any atom is -0.493 e. The van der Waals surface area contributed by atoms with Crippen LogP contribution in [0.15, 0.2) is 12.1 Å². The molecule has 0 heterocycles. The van der Waals surface area contributed by atoms with Gasteiger partial charge in [0.1, 0.15) is 0 Å². The Balaban J connectivity index is 2.34. The first-order valence-electron chi connectivity index (χ1n) is 9.17. The molecule has 26 heavy (non-hydrogen) atoms. The maximum Gasteiger partial charge on any atom is 0.203 e. The lowest BCUT2D eigenvalue weighted by Gasteiger charge is -2.35. The summed E-state index contributed by atoms with van der Waals surface area (Å²) in [4.78, 5) is 2.30. The number of hydrogen-bond donors (Lipinski definition) is 1. The highest BCUT2D eigenvalue weighted by molar-refractivity contribution is 7.80. The summed E-state index contributed by atoms with van der Waals surface area (Å²) < 4.78 is 16.6. The van der Waals surface area contributed by atoms with E-state index in [1.54, 1.807) is 21.3 Å². The smallest absolute Gasteiger partial charge is 0.203 e. The highest BCUT2D eigenvalue weighted by Crippen LogP contribution is 2.40. The van der Waals surface area contributed by atoms with Crippen molar-refractivity contribution in [2.75, 3.05) is 21.3 Å². The van der Waals surface area contributed by atoms with Crippen molar-refractivity contribution in [1.82, 2.24) is 10.2 Å². The molecule has 0 saturated heterocycles. The summed E-state index contributed by atoms with van der Waals surface area (Å²) in [5.41, 5.74) is 0.963. The van der Waals surface area contributed by atoms with Crippen molar-refractivity contribution in [3.8, 4) is 17.2 Å². The maximum atomic E-state index is 5.77. The Morgan fingerprint density at radius 1 is 1.08 bits per heavy atom. The highest BCUT2D eigenvalue weighted by atomic mass is 32.1. The zero-order chi connectivity index (χ0) is 19.3. The molecule has 0 bridgehead atoms. The molecule has 0 unspecified atom stereocenters. The number of thiocarbonyl (C=S) groups is 1. The Hall–Kier alpha value is -1.69. The number of nitrogens with one attached hydrogen (secondary N) is 1. The van der Waals surface area contributed by atoms with Gasteiger partial charge in [0.05, 0.1) is 21.3 Å². The van der Waals surface area contributed by atoms with E-state index >= 15 is 0 Å². The van der Waals surface area contributed by atoms with Crippen LogP contribution < -0.4 is 19.5 Å². The Morgan fingerprint density at radius 3 is 2.19 bits per heavy atom. The first-order chi connectivity index (χ1) is 12.3. The van der Waals surface area contributed by atoms with Gasteiger partial charge in [-0.05, 0) is 58.0 Å². The molecule has 1 fully saturated rings. The quantitative estimate of drug-likeness (QED) is 0.749. The van der Waals surface area contributed by atoms with Gasteiger partial charge in [-0.2, -0.15) is 0 Å². The number of ether oxygens (including phenoxy) is 3. The SMILES string of the molecule is COc1ccc(CN(C(=S)NC(C)(C)C)C2CCCC2)c(OC)c1OC. The van der Waals surface area contributed by atoms with Crippen LogP contribution in [-0.2, 0) is 6.54 Å². The first kappa shape index (κ1) is 20.6. The van der Waals surface area contributed by atoms with Gasteiger partial charge in [-0.15, -0.1) is 0 Å². The van der Waals surface area contributed by atoms with Gasteiger partial charge in [0, 0.05) is 23.7 Å². The molecule has 5 nitrogen and oxygen atoms in total. The summed E-state index contributed by atoms with van der Waals surface area (Å²) in [6.07, 6.45) is 4.84. The van der Waals surface area contributed by atoms with Crippen LogP contribution in [0.25, 0.3) is 0 Å². The largest absolute Gasteiger partial charge is 0.493 e. The van der Waals surface area contributed by atoms with E-state index in [1.165, 1.54) is 25.7 Å². The Bertz CT molecular complexity index is 622. The fourth-order valence-electron chi connectivity index (χ4n) is 3.45. The van der Waals surface area contributed by atoms with E-state index in [2.05, 4.69) is 31.0 Å². The van der Waals surface area contributed by atoms with Crippen molar-refractivity contribution in [2.45, 2.75) is 64.6 Å². The van der Waals surface area contributed by atoms with Crippen molar-refractivity contribution in [1.29, 1.82) is 0 Å². The molecule has 1 saturated carbocycles. The molecular formula is C20H32N2O3S. The third-order valence-electron chi connectivity index (χ3n) is 4.63. The maximum absolute atomic E-state index is 5.77. The number of nitrogens with zero attached hydrogens (tertiary/aromatic N) is 1. The lowest BCUT2D eigenvalue weighted by Crippen LogP contribution is -2.50. The van der Waals surface area contributed by atoms with E-state index in [0.717, 1.165) is 10.7 Å². The normalized spacial score (nSPS) is 14.8. The molecule has 0 spiro atoms. The van der Waals surface area contributed by atoms with E-state index in [9.17, 15) is 0 Å². The van der Waals surface area contributed by atoms with Crippen molar-refractivity contribution in [3.63, 3.8) is 0 Å². The molecule has 1 aliphatic carbocycles. The van der Waals surface area contributed by atoms with E-state index in [0.29, 0.717) is 29.8 Å². The van der Waals surface area contributed by atoms with E-state index in [-0.39, 0.29) is 5.54 Å². The second-order valence-corrected chi connectivity index (χ2v) is 8.13.